The number of hydrogen-bond acceptors (Lipinski definition) is 5. The smallest absolute Gasteiger partial charge is 0.412 e. The maximum Gasteiger partial charge on any atom is 0.412 e. The molecule has 0 unspecified atom stereocenters. The number of H-pyrrole nitrogens is 1. The van der Waals surface area contributed by atoms with Gasteiger partial charge in [0.1, 0.15) is 17.2 Å². The molecule has 2 rings (SSSR count). The molecule has 2 aromatic rings. The lowest BCUT2D eigenvalue weighted by atomic mass is 10.1. The lowest BCUT2D eigenvalue weighted by Gasteiger charge is -2.19. The number of hydrogen-bond donors (Lipinski definition) is 4. The van der Waals surface area contributed by atoms with E-state index in [0.717, 1.165) is 0 Å². The minimum Gasteiger partial charge on any atom is -0.507 e. The van der Waals surface area contributed by atoms with E-state index in [1.165, 1.54) is 6.07 Å². The van der Waals surface area contributed by atoms with E-state index in [9.17, 15) is 9.90 Å². The zero-order chi connectivity index (χ0) is 15.6. The van der Waals surface area contributed by atoms with Gasteiger partial charge < -0.3 is 15.6 Å². The molecule has 5 N–H and O–H groups in total. The molecule has 1 amide bonds. The molecular formula is C14H18N4O3. The van der Waals surface area contributed by atoms with E-state index >= 15 is 0 Å². The highest BCUT2D eigenvalue weighted by Crippen LogP contribution is 2.31. The molecule has 1 heterocycles. The van der Waals surface area contributed by atoms with Crippen LogP contribution in [0, 0.1) is 0 Å². The van der Waals surface area contributed by atoms with Gasteiger partial charge in [-0.05, 0) is 32.9 Å². The Balaban J connectivity index is 2.14. The van der Waals surface area contributed by atoms with Gasteiger partial charge in [0.05, 0.1) is 5.69 Å². The van der Waals surface area contributed by atoms with E-state index in [1.807, 2.05) is 0 Å². The van der Waals surface area contributed by atoms with Gasteiger partial charge in [-0.3, -0.25) is 10.4 Å². The van der Waals surface area contributed by atoms with Crippen LogP contribution >= 0.6 is 0 Å². The van der Waals surface area contributed by atoms with E-state index in [4.69, 9.17) is 10.5 Å². The van der Waals surface area contributed by atoms with Crippen LogP contribution in [0.25, 0.3) is 11.3 Å². The van der Waals surface area contributed by atoms with Crippen LogP contribution in [-0.4, -0.2) is 27.0 Å². The van der Waals surface area contributed by atoms with Crippen LogP contribution in [0.15, 0.2) is 24.3 Å². The molecule has 0 saturated carbocycles. The van der Waals surface area contributed by atoms with E-state index in [-0.39, 0.29) is 5.75 Å². The second-order valence-electron chi connectivity index (χ2n) is 5.57. The number of carbonyl (C=O) groups excluding carboxylic acids is 1. The second-order valence-corrected chi connectivity index (χ2v) is 5.57. The summed E-state index contributed by atoms with van der Waals surface area (Å²) < 4.78 is 5.14. The molecule has 0 atom stereocenters. The molecule has 0 aliphatic rings. The first-order valence-electron chi connectivity index (χ1n) is 6.39. The largest absolute Gasteiger partial charge is 0.507 e. The van der Waals surface area contributed by atoms with E-state index in [2.05, 4.69) is 15.5 Å². The van der Waals surface area contributed by atoms with Crippen molar-refractivity contribution in [3.63, 3.8) is 0 Å². The maximum absolute atomic E-state index is 11.6. The number of carbonyl (C=O) groups is 1. The van der Waals surface area contributed by atoms with Crippen LogP contribution in [0.1, 0.15) is 20.8 Å². The first kappa shape index (κ1) is 14.7. The lowest BCUT2D eigenvalue weighted by molar-refractivity contribution is 0.0636. The number of aromatic amines is 1. The molecule has 7 heteroatoms. The normalized spacial score (nSPS) is 11.2. The number of phenolic OH excluding ortho intramolecular Hbond substituents is 1. The SMILES string of the molecule is CC(C)(C)OC(=O)Nc1ccc(-c2cc(N)n[nH]2)c(O)c1. The third kappa shape index (κ3) is 3.88. The quantitative estimate of drug-likeness (QED) is 0.679. The topological polar surface area (TPSA) is 113 Å². The van der Waals surface area contributed by atoms with Crippen LogP contribution in [0.2, 0.25) is 0 Å². The zero-order valence-corrected chi connectivity index (χ0v) is 12.1. The van der Waals surface area contributed by atoms with Crippen LogP contribution in [-0.2, 0) is 4.74 Å². The Bertz CT molecular complexity index is 658. The number of ether oxygens (including phenoxy) is 1. The molecular weight excluding hydrogens is 272 g/mol. The molecule has 112 valence electrons. The molecule has 0 radical (unpaired) electrons. The van der Waals surface area contributed by atoms with Crippen molar-refractivity contribution < 1.29 is 14.6 Å². The summed E-state index contributed by atoms with van der Waals surface area (Å²) in [5, 5.41) is 19.1. The van der Waals surface area contributed by atoms with Crippen molar-refractivity contribution in [2.24, 2.45) is 0 Å². The van der Waals surface area contributed by atoms with Crippen LogP contribution < -0.4 is 11.1 Å². The Morgan fingerprint density at radius 2 is 2.10 bits per heavy atom. The molecule has 1 aromatic heterocycles. The molecule has 0 fully saturated rings. The lowest BCUT2D eigenvalue weighted by Crippen LogP contribution is -2.27. The number of anilines is 2. The number of nitrogens with zero attached hydrogens (tertiary/aromatic N) is 1. The predicted molar refractivity (Wildman–Crippen MR) is 80.0 cm³/mol. The summed E-state index contributed by atoms with van der Waals surface area (Å²) in [6, 6.07) is 6.33. The number of nitrogens with two attached hydrogens (primary N) is 1. The number of phenols is 1. The molecule has 21 heavy (non-hydrogen) atoms. The fourth-order valence-electron chi connectivity index (χ4n) is 1.73. The highest BCUT2D eigenvalue weighted by molar-refractivity contribution is 5.86. The summed E-state index contributed by atoms with van der Waals surface area (Å²) in [4.78, 5) is 11.6. The molecule has 0 saturated heterocycles. The van der Waals surface area contributed by atoms with Crippen molar-refractivity contribution in [1.82, 2.24) is 10.2 Å². The van der Waals surface area contributed by atoms with Gasteiger partial charge in [-0.15, -0.1) is 0 Å². The summed E-state index contributed by atoms with van der Waals surface area (Å²) in [7, 11) is 0. The summed E-state index contributed by atoms with van der Waals surface area (Å²) in [6.07, 6.45) is -0.583. The summed E-state index contributed by atoms with van der Waals surface area (Å²) in [5.74, 6) is 0.326. The molecule has 0 spiro atoms. The average molecular weight is 290 g/mol. The van der Waals surface area contributed by atoms with Crippen LogP contribution in [0.5, 0.6) is 5.75 Å². The summed E-state index contributed by atoms with van der Waals surface area (Å²) >= 11 is 0. The van der Waals surface area contributed by atoms with Crippen LogP contribution in [0.4, 0.5) is 16.3 Å². The van der Waals surface area contributed by atoms with Crippen LogP contribution in [0.3, 0.4) is 0 Å². The fourth-order valence-corrected chi connectivity index (χ4v) is 1.73. The molecule has 0 bridgehead atoms. The molecule has 0 aliphatic heterocycles. The van der Waals surface area contributed by atoms with E-state index in [1.54, 1.807) is 39.0 Å². The molecule has 0 aliphatic carbocycles. The van der Waals surface area contributed by atoms with Crippen molar-refractivity contribution in [1.29, 1.82) is 0 Å². The highest BCUT2D eigenvalue weighted by atomic mass is 16.6. The van der Waals surface area contributed by atoms with E-state index in [0.29, 0.717) is 22.8 Å². The van der Waals surface area contributed by atoms with Crippen molar-refractivity contribution >= 4 is 17.6 Å². The van der Waals surface area contributed by atoms with E-state index < -0.39 is 11.7 Å². The number of rotatable bonds is 2. The average Bonchev–Trinajstić information content (AvgIpc) is 2.73. The predicted octanol–water partition coefficient (Wildman–Crippen LogP) is 2.71. The number of aromatic nitrogens is 2. The Kier molecular flexibility index (Phi) is 3.75. The van der Waals surface area contributed by atoms with Gasteiger partial charge in [0.25, 0.3) is 0 Å². The monoisotopic (exact) mass is 290 g/mol. The highest BCUT2D eigenvalue weighted by Gasteiger charge is 2.16. The Labute approximate surface area is 122 Å². The van der Waals surface area contributed by atoms with Gasteiger partial charge in [0, 0.05) is 23.4 Å². The number of nitrogen functional groups attached to an aromatic ring is 1. The Hall–Kier alpha value is -2.70. The third-order valence-electron chi connectivity index (χ3n) is 2.53. The molecule has 7 nitrogen and oxygen atoms in total. The van der Waals surface area contributed by atoms with Gasteiger partial charge in [0.15, 0.2) is 0 Å². The van der Waals surface area contributed by atoms with Crippen molar-refractivity contribution in [2.45, 2.75) is 26.4 Å². The second kappa shape index (κ2) is 5.35. The fraction of sp³-hybridized carbons (Fsp3) is 0.286. The summed E-state index contributed by atoms with van der Waals surface area (Å²) in [5.41, 5.74) is 6.50. The Morgan fingerprint density at radius 1 is 1.38 bits per heavy atom. The van der Waals surface area contributed by atoms with Gasteiger partial charge >= 0.3 is 6.09 Å². The van der Waals surface area contributed by atoms with Crippen molar-refractivity contribution in [2.75, 3.05) is 11.1 Å². The first-order chi connectivity index (χ1) is 9.74. The first-order valence-corrected chi connectivity index (χ1v) is 6.39. The standard InChI is InChI=1S/C14H18N4O3/c1-14(2,3)21-13(20)16-8-4-5-9(11(19)6-8)10-7-12(15)18-17-10/h4-7,19H,1-3H3,(H,16,20)(H3,15,17,18). The number of benzene rings is 1. The minimum atomic E-state index is -0.584. The Morgan fingerprint density at radius 3 is 2.62 bits per heavy atom. The van der Waals surface area contributed by atoms with Crippen molar-refractivity contribution in [3.8, 4) is 17.0 Å². The van der Waals surface area contributed by atoms with Crippen molar-refractivity contribution in [3.05, 3.63) is 24.3 Å². The number of nitrogens with one attached hydrogen (secondary N) is 2. The number of amides is 1. The van der Waals surface area contributed by atoms with Gasteiger partial charge in [0.2, 0.25) is 0 Å². The maximum atomic E-state index is 11.6. The zero-order valence-electron chi connectivity index (χ0n) is 12.1. The number of aromatic hydroxyl groups is 1. The third-order valence-corrected chi connectivity index (χ3v) is 2.53. The van der Waals surface area contributed by atoms with Gasteiger partial charge in [-0.2, -0.15) is 5.10 Å². The molecule has 1 aromatic carbocycles. The van der Waals surface area contributed by atoms with Gasteiger partial charge in [-0.25, -0.2) is 4.79 Å². The summed E-state index contributed by atoms with van der Waals surface area (Å²) in [6.45, 7) is 5.32. The minimum absolute atomic E-state index is 0.00721. The van der Waals surface area contributed by atoms with Gasteiger partial charge in [-0.1, -0.05) is 0 Å².